The van der Waals surface area contributed by atoms with E-state index in [2.05, 4.69) is 10.3 Å². The number of morpholine rings is 1. The number of carbonyl (C=O) groups excluding carboxylic acids is 1. The molecule has 2 aromatic rings. The fraction of sp³-hybridized carbons (Fsp3) is 0.421. The summed E-state index contributed by atoms with van der Waals surface area (Å²) in [5, 5.41) is 2.83. The van der Waals surface area contributed by atoms with Crippen LogP contribution >= 0.6 is 0 Å². The molecule has 0 aliphatic carbocycles. The van der Waals surface area contributed by atoms with Gasteiger partial charge < -0.3 is 19.7 Å². The Morgan fingerprint density at radius 2 is 2.00 bits per heavy atom. The number of aryl methyl sites for hydroxylation is 2. The van der Waals surface area contributed by atoms with Gasteiger partial charge in [0.1, 0.15) is 12.3 Å². The van der Waals surface area contributed by atoms with Gasteiger partial charge in [0.2, 0.25) is 11.9 Å². The van der Waals surface area contributed by atoms with Crippen LogP contribution in [0.3, 0.4) is 0 Å². The highest BCUT2D eigenvalue weighted by molar-refractivity contribution is 5.92. The number of nitrogens with zero attached hydrogens (tertiary/aromatic N) is 3. The number of carbonyl (C=O) groups is 1. The van der Waals surface area contributed by atoms with Crippen molar-refractivity contribution in [2.45, 2.75) is 20.4 Å². The van der Waals surface area contributed by atoms with Gasteiger partial charge in [-0.3, -0.25) is 14.2 Å². The number of amides is 1. The molecular weight excluding hydrogens is 348 g/mol. The largest absolute Gasteiger partial charge is 0.495 e. The fourth-order valence-corrected chi connectivity index (χ4v) is 3.01. The predicted molar refractivity (Wildman–Crippen MR) is 103 cm³/mol. The fourth-order valence-electron chi connectivity index (χ4n) is 3.01. The van der Waals surface area contributed by atoms with E-state index in [1.165, 1.54) is 10.6 Å². The van der Waals surface area contributed by atoms with Crippen molar-refractivity contribution in [3.05, 3.63) is 45.9 Å². The Hall–Kier alpha value is -2.87. The summed E-state index contributed by atoms with van der Waals surface area (Å²) >= 11 is 0. The summed E-state index contributed by atoms with van der Waals surface area (Å²) in [6.45, 7) is 5.96. The summed E-state index contributed by atoms with van der Waals surface area (Å²) in [5.74, 6) is 0.743. The van der Waals surface area contributed by atoms with E-state index in [9.17, 15) is 9.59 Å². The van der Waals surface area contributed by atoms with Crippen LogP contribution in [-0.2, 0) is 16.1 Å². The van der Waals surface area contributed by atoms with Gasteiger partial charge in [-0.25, -0.2) is 4.98 Å². The Balaban J connectivity index is 1.85. The van der Waals surface area contributed by atoms with Crippen molar-refractivity contribution in [1.82, 2.24) is 9.55 Å². The first kappa shape index (κ1) is 18.9. The number of nitrogens with one attached hydrogen (secondary N) is 1. The molecule has 0 saturated carbocycles. The van der Waals surface area contributed by atoms with Crippen LogP contribution in [0.25, 0.3) is 0 Å². The molecule has 2 heterocycles. The number of rotatable bonds is 5. The van der Waals surface area contributed by atoms with Crippen molar-refractivity contribution >= 4 is 17.5 Å². The van der Waals surface area contributed by atoms with Gasteiger partial charge in [0.05, 0.1) is 26.0 Å². The third-order valence-corrected chi connectivity index (χ3v) is 4.34. The SMILES string of the molecule is COc1ccc(C)cc1NC(=O)Cn1c(N2CCOCC2)nc(C)cc1=O. The van der Waals surface area contributed by atoms with Gasteiger partial charge >= 0.3 is 0 Å². The predicted octanol–water partition coefficient (Wildman–Crippen LogP) is 1.34. The average molecular weight is 372 g/mol. The monoisotopic (exact) mass is 372 g/mol. The first-order valence-electron chi connectivity index (χ1n) is 8.83. The van der Waals surface area contributed by atoms with Crippen molar-refractivity contribution in [3.63, 3.8) is 0 Å². The van der Waals surface area contributed by atoms with Gasteiger partial charge in [-0.2, -0.15) is 0 Å². The zero-order chi connectivity index (χ0) is 19.4. The molecule has 0 bridgehead atoms. The molecule has 27 heavy (non-hydrogen) atoms. The molecule has 8 nitrogen and oxygen atoms in total. The third kappa shape index (κ3) is 4.46. The van der Waals surface area contributed by atoms with Gasteiger partial charge in [0.25, 0.3) is 5.56 Å². The summed E-state index contributed by atoms with van der Waals surface area (Å²) in [4.78, 5) is 31.6. The first-order chi connectivity index (χ1) is 13.0. The van der Waals surface area contributed by atoms with Gasteiger partial charge in [-0.1, -0.05) is 6.07 Å². The van der Waals surface area contributed by atoms with Crippen LogP contribution in [0.15, 0.2) is 29.1 Å². The molecule has 3 rings (SSSR count). The second-order valence-electron chi connectivity index (χ2n) is 6.47. The lowest BCUT2D eigenvalue weighted by molar-refractivity contribution is -0.116. The molecule has 0 unspecified atom stereocenters. The minimum absolute atomic E-state index is 0.129. The molecule has 1 saturated heterocycles. The Kier molecular flexibility index (Phi) is 5.75. The highest BCUT2D eigenvalue weighted by Gasteiger charge is 2.20. The van der Waals surface area contributed by atoms with Gasteiger partial charge in [-0.05, 0) is 31.5 Å². The Morgan fingerprint density at radius 1 is 1.26 bits per heavy atom. The van der Waals surface area contributed by atoms with Gasteiger partial charge in [0, 0.05) is 24.8 Å². The molecule has 0 spiro atoms. The molecule has 1 aliphatic heterocycles. The summed E-state index contributed by atoms with van der Waals surface area (Å²) in [6, 6.07) is 6.96. The summed E-state index contributed by atoms with van der Waals surface area (Å²) in [5.41, 5.74) is 1.94. The maximum atomic E-state index is 12.6. The number of anilines is 2. The number of hydrogen-bond donors (Lipinski definition) is 1. The smallest absolute Gasteiger partial charge is 0.255 e. The molecule has 1 amide bonds. The number of benzene rings is 1. The number of methoxy groups -OCH3 is 1. The van der Waals surface area contributed by atoms with Gasteiger partial charge in [0.15, 0.2) is 0 Å². The van der Waals surface area contributed by atoms with E-state index in [1.54, 1.807) is 20.1 Å². The zero-order valence-electron chi connectivity index (χ0n) is 15.8. The maximum absolute atomic E-state index is 12.6. The molecule has 1 aromatic heterocycles. The molecule has 8 heteroatoms. The number of hydrogen-bond acceptors (Lipinski definition) is 6. The third-order valence-electron chi connectivity index (χ3n) is 4.34. The van der Waals surface area contributed by atoms with E-state index in [4.69, 9.17) is 9.47 Å². The molecule has 1 fully saturated rings. The van der Waals surface area contributed by atoms with E-state index < -0.39 is 0 Å². The highest BCUT2D eigenvalue weighted by Crippen LogP contribution is 2.25. The molecule has 144 valence electrons. The van der Waals surface area contributed by atoms with Crippen LogP contribution in [-0.4, -0.2) is 48.9 Å². The van der Waals surface area contributed by atoms with Gasteiger partial charge in [-0.15, -0.1) is 0 Å². The van der Waals surface area contributed by atoms with Crippen LogP contribution < -0.4 is 20.5 Å². The van der Waals surface area contributed by atoms with Crippen molar-refractivity contribution < 1.29 is 14.3 Å². The van der Waals surface area contributed by atoms with Crippen molar-refractivity contribution in [2.75, 3.05) is 43.6 Å². The maximum Gasteiger partial charge on any atom is 0.255 e. The second kappa shape index (κ2) is 8.22. The normalized spacial score (nSPS) is 14.1. The first-order valence-corrected chi connectivity index (χ1v) is 8.83. The lowest BCUT2D eigenvalue weighted by Crippen LogP contribution is -2.41. The summed E-state index contributed by atoms with van der Waals surface area (Å²) in [7, 11) is 1.55. The van der Waals surface area contributed by atoms with E-state index in [0.717, 1.165) is 5.56 Å². The molecule has 0 radical (unpaired) electrons. The standard InChI is InChI=1S/C19H24N4O4/c1-13-4-5-16(26-3)15(10-13)21-17(24)12-23-18(25)11-14(2)20-19(23)22-6-8-27-9-7-22/h4-5,10-11H,6-9,12H2,1-3H3,(H,21,24). The van der Waals surface area contributed by atoms with E-state index in [1.807, 2.05) is 24.0 Å². The van der Waals surface area contributed by atoms with Crippen molar-refractivity contribution in [3.8, 4) is 5.75 Å². The number of aromatic nitrogens is 2. The van der Waals surface area contributed by atoms with Crippen LogP contribution in [0.1, 0.15) is 11.3 Å². The minimum Gasteiger partial charge on any atom is -0.495 e. The van der Waals surface area contributed by atoms with E-state index in [0.29, 0.717) is 49.4 Å². The molecule has 1 aliphatic rings. The van der Waals surface area contributed by atoms with Crippen LogP contribution in [0.4, 0.5) is 11.6 Å². The van der Waals surface area contributed by atoms with Crippen molar-refractivity contribution in [2.24, 2.45) is 0 Å². The quantitative estimate of drug-likeness (QED) is 0.853. The second-order valence-corrected chi connectivity index (χ2v) is 6.47. The Labute approximate surface area is 157 Å². The van der Waals surface area contributed by atoms with Crippen LogP contribution in [0.5, 0.6) is 5.75 Å². The Bertz CT molecular complexity index is 888. The molecule has 1 N–H and O–H groups in total. The van der Waals surface area contributed by atoms with Crippen molar-refractivity contribution in [1.29, 1.82) is 0 Å². The zero-order valence-corrected chi connectivity index (χ0v) is 15.8. The molecule has 0 atom stereocenters. The molecular formula is C19H24N4O4. The Morgan fingerprint density at radius 3 is 2.70 bits per heavy atom. The number of ether oxygens (including phenoxy) is 2. The minimum atomic E-state index is -0.318. The average Bonchev–Trinajstić information content (AvgIpc) is 2.64. The topological polar surface area (TPSA) is 85.7 Å². The summed E-state index contributed by atoms with van der Waals surface area (Å²) < 4.78 is 12.1. The highest BCUT2D eigenvalue weighted by atomic mass is 16.5. The lowest BCUT2D eigenvalue weighted by Gasteiger charge is -2.29. The molecule has 1 aromatic carbocycles. The summed E-state index contributed by atoms with van der Waals surface area (Å²) in [6.07, 6.45) is 0. The van der Waals surface area contributed by atoms with Crippen LogP contribution in [0, 0.1) is 13.8 Å². The van der Waals surface area contributed by atoms with Crippen LogP contribution in [0.2, 0.25) is 0 Å². The van der Waals surface area contributed by atoms with E-state index >= 15 is 0 Å². The van der Waals surface area contributed by atoms with E-state index in [-0.39, 0.29) is 18.0 Å². The lowest BCUT2D eigenvalue weighted by atomic mass is 10.2.